The number of Topliss-reactive ketones (excluding diaryl/α,β-unsaturated/α-hetero) is 1. The highest BCUT2D eigenvalue weighted by molar-refractivity contribution is 6.30. The molecule has 4 nitrogen and oxygen atoms in total. The number of dihydropyridines is 1. The molecule has 144 valence electrons. The van der Waals surface area contributed by atoms with Crippen LogP contribution in [-0.2, 0) is 14.3 Å². The summed E-state index contributed by atoms with van der Waals surface area (Å²) in [6.45, 7) is 4.38. The van der Waals surface area contributed by atoms with Crippen molar-refractivity contribution >= 4 is 23.4 Å². The molecule has 0 fully saturated rings. The fourth-order valence-electron chi connectivity index (χ4n) is 3.87. The van der Waals surface area contributed by atoms with E-state index in [9.17, 15) is 9.59 Å². The van der Waals surface area contributed by atoms with Crippen LogP contribution in [0.1, 0.15) is 63.9 Å². The molecule has 0 unspecified atom stereocenters. The molecule has 0 saturated carbocycles. The summed E-state index contributed by atoms with van der Waals surface area (Å²) in [6.07, 6.45) is 5.09. The van der Waals surface area contributed by atoms with Crippen LogP contribution >= 0.6 is 11.6 Å². The average molecular weight is 388 g/mol. The number of allylic oxidation sites excluding steroid dienone is 3. The predicted molar refractivity (Wildman–Crippen MR) is 106 cm³/mol. The largest absolute Gasteiger partial charge is 0.462 e. The summed E-state index contributed by atoms with van der Waals surface area (Å²) in [5.74, 6) is -0.685. The van der Waals surface area contributed by atoms with Crippen LogP contribution in [0.15, 0.2) is 46.8 Å². The predicted octanol–water partition coefficient (Wildman–Crippen LogP) is 5.04. The van der Waals surface area contributed by atoms with E-state index in [0.29, 0.717) is 29.2 Å². The maximum Gasteiger partial charge on any atom is 0.336 e. The molecule has 1 aliphatic heterocycles. The Balaban J connectivity index is 1.99. The van der Waals surface area contributed by atoms with Crippen LogP contribution in [-0.4, -0.2) is 18.4 Å². The lowest BCUT2D eigenvalue weighted by molar-refractivity contribution is -0.139. The number of carbonyl (C=O) groups excluding carboxylic acids is 2. The van der Waals surface area contributed by atoms with E-state index < -0.39 is 5.92 Å². The Hall–Kier alpha value is -2.07. The minimum atomic E-state index is -0.425. The van der Waals surface area contributed by atoms with Crippen LogP contribution in [0.3, 0.4) is 0 Å². The molecule has 0 saturated heterocycles. The molecule has 1 aromatic rings. The number of nitrogens with one attached hydrogen (secondary N) is 1. The summed E-state index contributed by atoms with van der Waals surface area (Å²) in [5, 5.41) is 3.89. The lowest BCUT2D eigenvalue weighted by Gasteiger charge is -2.34. The van der Waals surface area contributed by atoms with E-state index in [-0.39, 0.29) is 11.8 Å². The first-order valence-electron chi connectivity index (χ1n) is 9.69. The number of hydrogen-bond donors (Lipinski definition) is 1. The number of unbranched alkanes of at least 4 members (excludes halogenated alkanes) is 2. The zero-order valence-corrected chi connectivity index (χ0v) is 16.7. The second kappa shape index (κ2) is 8.75. The number of ketones is 1. The maximum atomic E-state index is 12.9. The molecular weight excluding hydrogens is 362 g/mol. The van der Waals surface area contributed by atoms with E-state index in [1.807, 2.05) is 25.1 Å². The molecule has 0 radical (unpaired) electrons. The molecule has 1 N–H and O–H groups in total. The topological polar surface area (TPSA) is 55.4 Å². The summed E-state index contributed by atoms with van der Waals surface area (Å²) in [4.78, 5) is 25.7. The Bertz CT molecular complexity index is 810. The lowest BCUT2D eigenvalue weighted by Crippen LogP contribution is -2.34. The highest BCUT2D eigenvalue weighted by Crippen LogP contribution is 2.42. The highest BCUT2D eigenvalue weighted by Gasteiger charge is 2.39. The Morgan fingerprint density at radius 1 is 1.30 bits per heavy atom. The van der Waals surface area contributed by atoms with Crippen molar-refractivity contribution in [1.82, 2.24) is 5.32 Å². The third-order valence-corrected chi connectivity index (χ3v) is 5.39. The Labute approximate surface area is 165 Å². The molecule has 0 spiro atoms. The van der Waals surface area contributed by atoms with Crippen molar-refractivity contribution in [3.63, 3.8) is 0 Å². The Morgan fingerprint density at radius 3 is 2.85 bits per heavy atom. The number of halogens is 1. The quantitative estimate of drug-likeness (QED) is 0.548. The van der Waals surface area contributed by atoms with Gasteiger partial charge in [-0.25, -0.2) is 4.79 Å². The monoisotopic (exact) mass is 387 g/mol. The van der Waals surface area contributed by atoms with Crippen LogP contribution < -0.4 is 5.32 Å². The Kier molecular flexibility index (Phi) is 6.38. The van der Waals surface area contributed by atoms with Crippen LogP contribution in [0.4, 0.5) is 0 Å². The molecule has 3 rings (SSSR count). The van der Waals surface area contributed by atoms with Gasteiger partial charge < -0.3 is 10.1 Å². The van der Waals surface area contributed by atoms with Gasteiger partial charge in [-0.2, -0.15) is 0 Å². The van der Waals surface area contributed by atoms with Crippen molar-refractivity contribution in [2.75, 3.05) is 6.61 Å². The van der Waals surface area contributed by atoms with Gasteiger partial charge >= 0.3 is 5.97 Å². The molecule has 0 amide bonds. The van der Waals surface area contributed by atoms with Gasteiger partial charge in [0.05, 0.1) is 12.2 Å². The van der Waals surface area contributed by atoms with Gasteiger partial charge in [0.15, 0.2) is 5.78 Å². The van der Waals surface area contributed by atoms with Crippen molar-refractivity contribution in [3.8, 4) is 0 Å². The minimum Gasteiger partial charge on any atom is -0.462 e. The van der Waals surface area contributed by atoms with E-state index in [0.717, 1.165) is 49.1 Å². The molecule has 0 aromatic heterocycles. The normalized spacial score (nSPS) is 19.7. The first kappa shape index (κ1) is 19.7. The van der Waals surface area contributed by atoms with Gasteiger partial charge in [0.1, 0.15) is 0 Å². The van der Waals surface area contributed by atoms with Crippen molar-refractivity contribution in [1.29, 1.82) is 0 Å². The maximum absolute atomic E-state index is 12.9. The van der Waals surface area contributed by atoms with Crippen LogP contribution in [0, 0.1) is 0 Å². The zero-order valence-electron chi connectivity index (χ0n) is 15.9. The molecule has 5 heteroatoms. The second-order valence-electron chi connectivity index (χ2n) is 7.16. The van der Waals surface area contributed by atoms with Crippen molar-refractivity contribution in [3.05, 3.63) is 57.4 Å². The summed E-state index contributed by atoms with van der Waals surface area (Å²) in [6, 6.07) is 7.41. The highest BCUT2D eigenvalue weighted by atomic mass is 35.5. The van der Waals surface area contributed by atoms with E-state index in [1.54, 1.807) is 6.07 Å². The fraction of sp³-hybridized carbons (Fsp3) is 0.455. The molecule has 0 bridgehead atoms. The van der Waals surface area contributed by atoms with Gasteiger partial charge in [-0.1, -0.05) is 43.5 Å². The molecule has 2 aliphatic rings. The lowest BCUT2D eigenvalue weighted by atomic mass is 9.75. The molecule has 1 atom stereocenters. The van der Waals surface area contributed by atoms with Gasteiger partial charge in [-0.05, 0) is 43.9 Å². The van der Waals surface area contributed by atoms with E-state index in [1.165, 1.54) is 0 Å². The smallest absolute Gasteiger partial charge is 0.336 e. The standard InChI is InChI=1S/C22H26ClNO3/c1-3-4-5-12-27-22(26)19-14(2)24-17-10-7-11-18(25)21(17)20(19)15-8-6-9-16(23)13-15/h6,8-9,13,20,24H,3-5,7,10-12H2,1-2H3/t20-/m0/s1. The number of esters is 1. The molecule has 1 aromatic carbocycles. The first-order chi connectivity index (χ1) is 13.0. The third-order valence-electron chi connectivity index (χ3n) is 5.16. The van der Waals surface area contributed by atoms with Gasteiger partial charge in [0.2, 0.25) is 0 Å². The SMILES string of the molecule is CCCCCOC(=O)C1=C(C)NC2=C(C(=O)CCC2)[C@H]1c1cccc(Cl)c1. The average Bonchev–Trinajstić information content (AvgIpc) is 2.64. The fourth-order valence-corrected chi connectivity index (χ4v) is 4.07. The van der Waals surface area contributed by atoms with E-state index >= 15 is 0 Å². The van der Waals surface area contributed by atoms with Crippen molar-refractivity contribution in [2.45, 2.75) is 58.3 Å². The molecule has 27 heavy (non-hydrogen) atoms. The van der Waals surface area contributed by atoms with Gasteiger partial charge in [0, 0.05) is 34.3 Å². The van der Waals surface area contributed by atoms with Crippen LogP contribution in [0.25, 0.3) is 0 Å². The number of benzene rings is 1. The minimum absolute atomic E-state index is 0.0949. The van der Waals surface area contributed by atoms with Gasteiger partial charge in [0.25, 0.3) is 0 Å². The third kappa shape index (κ3) is 4.27. The summed E-state index contributed by atoms with van der Waals surface area (Å²) in [7, 11) is 0. The van der Waals surface area contributed by atoms with Gasteiger partial charge in [-0.3, -0.25) is 4.79 Å². The van der Waals surface area contributed by atoms with Crippen LogP contribution in [0.5, 0.6) is 0 Å². The molecular formula is C22H26ClNO3. The molecule has 1 heterocycles. The first-order valence-corrected chi connectivity index (χ1v) is 10.1. The summed E-state index contributed by atoms with van der Waals surface area (Å²) < 4.78 is 5.55. The summed E-state index contributed by atoms with van der Waals surface area (Å²) in [5.41, 5.74) is 3.74. The van der Waals surface area contributed by atoms with Gasteiger partial charge in [-0.15, -0.1) is 0 Å². The molecule has 1 aliphatic carbocycles. The zero-order chi connectivity index (χ0) is 19.4. The van der Waals surface area contributed by atoms with Crippen molar-refractivity contribution < 1.29 is 14.3 Å². The van der Waals surface area contributed by atoms with Crippen LogP contribution in [0.2, 0.25) is 5.02 Å². The summed E-state index contributed by atoms with van der Waals surface area (Å²) >= 11 is 6.21. The number of carbonyl (C=O) groups is 2. The Morgan fingerprint density at radius 2 is 2.11 bits per heavy atom. The second-order valence-corrected chi connectivity index (χ2v) is 7.60. The number of rotatable bonds is 6. The number of ether oxygens (including phenoxy) is 1. The number of hydrogen-bond acceptors (Lipinski definition) is 4. The van der Waals surface area contributed by atoms with E-state index in [2.05, 4.69) is 12.2 Å². The van der Waals surface area contributed by atoms with E-state index in [4.69, 9.17) is 16.3 Å². The van der Waals surface area contributed by atoms with Crippen molar-refractivity contribution in [2.24, 2.45) is 0 Å².